The molecule has 10 heteroatoms. The van der Waals surface area contributed by atoms with Crippen LogP contribution in [0.5, 0.6) is 11.6 Å². The number of hydrogen-bond acceptors (Lipinski definition) is 6. The number of aromatic nitrogens is 4. The SMILES string of the molecule is Cc1ccc(Cl)cc1S(=O)(=O)Nc1ccc(Oc2ccc(-n3ccnc3)nn2)cc1. The molecule has 8 nitrogen and oxygen atoms in total. The van der Waals surface area contributed by atoms with Gasteiger partial charge in [0.1, 0.15) is 12.1 Å². The van der Waals surface area contributed by atoms with E-state index in [-0.39, 0.29) is 4.90 Å². The second kappa shape index (κ2) is 8.13. The van der Waals surface area contributed by atoms with Crippen molar-refractivity contribution in [2.45, 2.75) is 11.8 Å². The molecule has 152 valence electrons. The Morgan fingerprint density at radius 3 is 2.50 bits per heavy atom. The van der Waals surface area contributed by atoms with Crippen LogP contribution >= 0.6 is 11.6 Å². The van der Waals surface area contributed by atoms with Gasteiger partial charge in [-0.15, -0.1) is 10.2 Å². The predicted molar refractivity (Wildman–Crippen MR) is 113 cm³/mol. The van der Waals surface area contributed by atoms with E-state index < -0.39 is 10.0 Å². The normalized spacial score (nSPS) is 11.3. The van der Waals surface area contributed by atoms with Gasteiger partial charge in [0.15, 0.2) is 5.82 Å². The van der Waals surface area contributed by atoms with E-state index in [0.717, 1.165) is 0 Å². The summed E-state index contributed by atoms with van der Waals surface area (Å²) in [6.07, 6.45) is 5.03. The lowest BCUT2D eigenvalue weighted by Gasteiger charge is -2.11. The molecule has 1 N–H and O–H groups in total. The maximum Gasteiger partial charge on any atom is 0.262 e. The van der Waals surface area contributed by atoms with Crippen LogP contribution < -0.4 is 9.46 Å². The molecule has 0 amide bonds. The van der Waals surface area contributed by atoms with Crippen LogP contribution in [-0.2, 0) is 10.0 Å². The zero-order valence-electron chi connectivity index (χ0n) is 15.7. The van der Waals surface area contributed by atoms with Crippen molar-refractivity contribution in [3.63, 3.8) is 0 Å². The van der Waals surface area contributed by atoms with E-state index in [2.05, 4.69) is 19.9 Å². The van der Waals surface area contributed by atoms with Gasteiger partial charge in [0.2, 0.25) is 5.88 Å². The summed E-state index contributed by atoms with van der Waals surface area (Å²) in [5.41, 5.74) is 0.993. The predicted octanol–water partition coefficient (Wildman–Crippen LogP) is 4.22. The van der Waals surface area contributed by atoms with Gasteiger partial charge in [0.05, 0.1) is 4.90 Å². The molecule has 0 radical (unpaired) electrons. The third kappa shape index (κ3) is 4.42. The highest BCUT2D eigenvalue weighted by atomic mass is 35.5. The lowest BCUT2D eigenvalue weighted by molar-refractivity contribution is 0.454. The van der Waals surface area contributed by atoms with E-state index in [1.807, 2.05) is 0 Å². The van der Waals surface area contributed by atoms with Gasteiger partial charge in [-0.1, -0.05) is 17.7 Å². The van der Waals surface area contributed by atoms with Crippen LogP contribution in [0.2, 0.25) is 5.02 Å². The number of halogens is 1. The molecule has 2 heterocycles. The number of sulfonamides is 1. The van der Waals surface area contributed by atoms with Gasteiger partial charge in [-0.25, -0.2) is 13.4 Å². The molecule has 0 saturated carbocycles. The molecule has 0 aliphatic rings. The second-order valence-corrected chi connectivity index (χ2v) is 8.43. The molecule has 0 aliphatic heterocycles. The zero-order valence-corrected chi connectivity index (χ0v) is 17.3. The summed E-state index contributed by atoms with van der Waals surface area (Å²) in [5.74, 6) is 1.41. The Kier molecular flexibility index (Phi) is 5.39. The first-order valence-corrected chi connectivity index (χ1v) is 10.7. The van der Waals surface area contributed by atoms with Gasteiger partial charge in [0, 0.05) is 29.2 Å². The summed E-state index contributed by atoms with van der Waals surface area (Å²) in [4.78, 5) is 4.09. The number of nitrogens with zero attached hydrogens (tertiary/aromatic N) is 4. The fourth-order valence-electron chi connectivity index (χ4n) is 2.69. The summed E-state index contributed by atoms with van der Waals surface area (Å²) < 4.78 is 35.2. The highest BCUT2D eigenvalue weighted by Crippen LogP contribution is 2.25. The molecular formula is C20H16ClN5O3S. The largest absolute Gasteiger partial charge is 0.438 e. The van der Waals surface area contributed by atoms with Gasteiger partial charge in [0.25, 0.3) is 10.0 Å². The lowest BCUT2D eigenvalue weighted by atomic mass is 10.2. The van der Waals surface area contributed by atoms with Crippen molar-refractivity contribution in [2.24, 2.45) is 0 Å². The monoisotopic (exact) mass is 441 g/mol. The molecule has 0 bridgehead atoms. The first-order chi connectivity index (χ1) is 14.4. The Balaban J connectivity index is 1.46. The maximum atomic E-state index is 12.7. The number of imidazole rings is 1. The highest BCUT2D eigenvalue weighted by molar-refractivity contribution is 7.92. The quantitative estimate of drug-likeness (QED) is 0.481. The number of nitrogens with one attached hydrogen (secondary N) is 1. The van der Waals surface area contributed by atoms with Crippen LogP contribution in [0.15, 0.2) is 78.2 Å². The minimum absolute atomic E-state index is 0.128. The van der Waals surface area contributed by atoms with Crippen molar-refractivity contribution in [1.29, 1.82) is 0 Å². The number of anilines is 1. The first-order valence-electron chi connectivity index (χ1n) is 8.80. The van der Waals surface area contributed by atoms with Crippen molar-refractivity contribution in [3.8, 4) is 17.4 Å². The fourth-order valence-corrected chi connectivity index (χ4v) is 4.25. The van der Waals surface area contributed by atoms with Gasteiger partial charge >= 0.3 is 0 Å². The van der Waals surface area contributed by atoms with Crippen molar-refractivity contribution in [1.82, 2.24) is 19.7 Å². The van der Waals surface area contributed by atoms with E-state index in [9.17, 15) is 8.42 Å². The molecule has 4 aromatic rings. The molecule has 0 saturated heterocycles. The van der Waals surface area contributed by atoms with Crippen LogP contribution in [-0.4, -0.2) is 28.2 Å². The summed E-state index contributed by atoms with van der Waals surface area (Å²) >= 11 is 5.94. The molecule has 30 heavy (non-hydrogen) atoms. The number of hydrogen-bond donors (Lipinski definition) is 1. The van der Waals surface area contributed by atoms with Crippen LogP contribution in [0.25, 0.3) is 5.82 Å². The standard InChI is InChI=1S/C20H16ClN5O3S/c1-14-2-3-15(21)12-18(14)30(27,28)25-16-4-6-17(7-5-16)29-20-9-8-19(23-24-20)26-11-10-22-13-26/h2-13,25H,1H3. The van der Waals surface area contributed by atoms with Gasteiger partial charge in [-0.3, -0.25) is 9.29 Å². The molecule has 0 unspecified atom stereocenters. The van der Waals surface area contributed by atoms with Gasteiger partial charge in [-0.2, -0.15) is 0 Å². The van der Waals surface area contributed by atoms with Crippen LogP contribution in [0.3, 0.4) is 0 Å². The van der Waals surface area contributed by atoms with E-state index >= 15 is 0 Å². The molecule has 0 fully saturated rings. The molecule has 0 spiro atoms. The van der Waals surface area contributed by atoms with Crippen molar-refractivity contribution >= 4 is 27.3 Å². The van der Waals surface area contributed by atoms with Crippen LogP contribution in [0.4, 0.5) is 5.69 Å². The average molecular weight is 442 g/mol. The van der Waals surface area contributed by atoms with Crippen molar-refractivity contribution in [3.05, 3.63) is 83.9 Å². The van der Waals surface area contributed by atoms with E-state index in [1.165, 1.54) is 6.07 Å². The summed E-state index contributed by atoms with van der Waals surface area (Å²) in [6.45, 7) is 1.71. The van der Waals surface area contributed by atoms with Crippen molar-refractivity contribution < 1.29 is 13.2 Å². The van der Waals surface area contributed by atoms with E-state index in [1.54, 1.807) is 78.7 Å². The Morgan fingerprint density at radius 1 is 1.03 bits per heavy atom. The molecule has 0 aliphatic carbocycles. The Bertz CT molecular complexity index is 1260. The molecule has 2 aromatic carbocycles. The summed E-state index contributed by atoms with van der Waals surface area (Å²) in [6, 6.07) is 14.6. The minimum atomic E-state index is -3.77. The Morgan fingerprint density at radius 2 is 1.83 bits per heavy atom. The van der Waals surface area contributed by atoms with Crippen LogP contribution in [0, 0.1) is 6.92 Å². The molecule has 4 rings (SSSR count). The third-order valence-corrected chi connectivity index (χ3v) is 5.92. The zero-order chi connectivity index (χ0) is 21.1. The molecule has 2 aromatic heterocycles. The minimum Gasteiger partial charge on any atom is -0.438 e. The molecule has 0 atom stereocenters. The van der Waals surface area contributed by atoms with Gasteiger partial charge < -0.3 is 4.74 Å². The van der Waals surface area contributed by atoms with E-state index in [4.69, 9.17) is 16.3 Å². The number of rotatable bonds is 6. The summed E-state index contributed by atoms with van der Waals surface area (Å²) in [7, 11) is -3.77. The lowest BCUT2D eigenvalue weighted by Crippen LogP contribution is -2.14. The maximum absolute atomic E-state index is 12.7. The van der Waals surface area contributed by atoms with Crippen LogP contribution in [0.1, 0.15) is 5.56 Å². The fraction of sp³-hybridized carbons (Fsp3) is 0.0500. The first kappa shape index (κ1) is 19.9. The number of benzene rings is 2. The molecular weight excluding hydrogens is 426 g/mol. The van der Waals surface area contributed by atoms with Gasteiger partial charge in [-0.05, 0) is 55.0 Å². The Labute approximate surface area is 178 Å². The topological polar surface area (TPSA) is 99.0 Å². The van der Waals surface area contributed by atoms with Crippen molar-refractivity contribution in [2.75, 3.05) is 4.72 Å². The second-order valence-electron chi connectivity index (χ2n) is 6.34. The smallest absolute Gasteiger partial charge is 0.262 e. The average Bonchev–Trinajstić information content (AvgIpc) is 3.26. The highest BCUT2D eigenvalue weighted by Gasteiger charge is 2.17. The Hall–Kier alpha value is -3.43. The number of aryl methyl sites for hydroxylation is 1. The van der Waals surface area contributed by atoms with E-state index in [0.29, 0.717) is 33.7 Å². The third-order valence-electron chi connectivity index (χ3n) is 4.16. The number of ether oxygens (including phenoxy) is 1. The summed E-state index contributed by atoms with van der Waals surface area (Å²) in [5, 5.41) is 8.45.